The molecule has 0 aromatic carbocycles. The molecule has 2 rings (SSSR count). The summed E-state index contributed by atoms with van der Waals surface area (Å²) in [6.07, 6.45) is 4.99. The van der Waals surface area contributed by atoms with Crippen LogP contribution in [0.1, 0.15) is 19.4 Å². The summed E-state index contributed by atoms with van der Waals surface area (Å²) in [5.41, 5.74) is 0.888. The average molecular weight is 249 g/mol. The van der Waals surface area contributed by atoms with Crippen LogP contribution >= 0.6 is 0 Å². The van der Waals surface area contributed by atoms with Crippen LogP contribution in [0.4, 0.5) is 4.39 Å². The van der Waals surface area contributed by atoms with Crippen LogP contribution in [0.15, 0.2) is 29.5 Å². The minimum Gasteiger partial charge on any atom is -0.278 e. The minimum absolute atomic E-state index is 0.182. The highest BCUT2D eigenvalue weighted by Crippen LogP contribution is 2.09. The Balaban J connectivity index is 2.54. The number of hydrogen-bond acceptors (Lipinski definition) is 2. The summed E-state index contributed by atoms with van der Waals surface area (Å²) in [4.78, 5) is 12.2. The lowest BCUT2D eigenvalue weighted by Gasteiger charge is -2.08. The van der Waals surface area contributed by atoms with E-state index in [0.29, 0.717) is 23.6 Å². The second-order valence-electron chi connectivity index (χ2n) is 4.83. The zero-order valence-electron chi connectivity index (χ0n) is 10.7. The quantitative estimate of drug-likeness (QED) is 0.833. The molecule has 5 heteroatoms. The average Bonchev–Trinajstić information content (AvgIpc) is 2.69. The van der Waals surface area contributed by atoms with Crippen LogP contribution in [0.2, 0.25) is 0 Å². The molecule has 4 nitrogen and oxygen atoms in total. The van der Waals surface area contributed by atoms with Crippen LogP contribution in [0.5, 0.6) is 0 Å². The lowest BCUT2D eigenvalue weighted by Crippen LogP contribution is -2.23. The molecule has 0 bridgehead atoms. The molecule has 0 radical (unpaired) electrons. The van der Waals surface area contributed by atoms with Gasteiger partial charge in [-0.25, -0.2) is 4.39 Å². The van der Waals surface area contributed by atoms with Gasteiger partial charge in [-0.3, -0.25) is 14.0 Å². The highest BCUT2D eigenvalue weighted by Gasteiger charge is 2.10. The Morgan fingerprint density at radius 2 is 2.11 bits per heavy atom. The van der Waals surface area contributed by atoms with E-state index in [-0.39, 0.29) is 5.56 Å². The second-order valence-corrected chi connectivity index (χ2v) is 4.83. The molecule has 0 atom stereocenters. The molecule has 0 amide bonds. The molecule has 2 aromatic rings. The van der Waals surface area contributed by atoms with E-state index in [1.807, 2.05) is 13.8 Å². The summed E-state index contributed by atoms with van der Waals surface area (Å²) < 4.78 is 16.4. The Labute approximate surface area is 105 Å². The first-order valence-electron chi connectivity index (χ1n) is 5.87. The first-order valence-corrected chi connectivity index (χ1v) is 5.87. The zero-order valence-corrected chi connectivity index (χ0v) is 10.7. The van der Waals surface area contributed by atoms with Gasteiger partial charge in [-0.1, -0.05) is 13.8 Å². The predicted octanol–water partition coefficient (Wildman–Crippen LogP) is 1.91. The highest BCUT2D eigenvalue weighted by atomic mass is 19.1. The Hall–Kier alpha value is -1.91. The van der Waals surface area contributed by atoms with Gasteiger partial charge in [0.25, 0.3) is 5.56 Å². The summed E-state index contributed by atoms with van der Waals surface area (Å²) in [7, 11) is 1.75. The number of pyridine rings is 1. The first kappa shape index (κ1) is 12.5. The van der Waals surface area contributed by atoms with Crippen LogP contribution < -0.4 is 5.56 Å². The normalized spacial score (nSPS) is 11.2. The molecule has 0 fully saturated rings. The molecule has 0 aliphatic heterocycles. The van der Waals surface area contributed by atoms with Gasteiger partial charge in [-0.15, -0.1) is 0 Å². The summed E-state index contributed by atoms with van der Waals surface area (Å²) in [5, 5.41) is 3.99. The largest absolute Gasteiger partial charge is 0.278 e. The Morgan fingerprint density at radius 3 is 2.67 bits per heavy atom. The summed E-state index contributed by atoms with van der Waals surface area (Å²) in [5.74, 6) is -0.101. The number of aromatic nitrogens is 3. The molecule has 18 heavy (non-hydrogen) atoms. The predicted molar refractivity (Wildman–Crippen MR) is 67.3 cm³/mol. The number of halogens is 1. The van der Waals surface area contributed by atoms with Crippen molar-refractivity contribution in [3.8, 4) is 5.69 Å². The third kappa shape index (κ3) is 2.50. The van der Waals surface area contributed by atoms with Crippen molar-refractivity contribution in [1.82, 2.24) is 14.3 Å². The van der Waals surface area contributed by atoms with Crippen LogP contribution in [-0.4, -0.2) is 14.3 Å². The topological polar surface area (TPSA) is 39.8 Å². The Bertz CT molecular complexity index is 613. The van der Waals surface area contributed by atoms with Gasteiger partial charge in [0.2, 0.25) is 0 Å². The van der Waals surface area contributed by atoms with E-state index in [1.54, 1.807) is 24.1 Å². The third-order valence-electron chi connectivity index (χ3n) is 2.66. The van der Waals surface area contributed by atoms with Gasteiger partial charge in [0, 0.05) is 25.0 Å². The number of nitrogens with zero attached hydrogens (tertiary/aromatic N) is 3. The molecule has 0 N–H and O–H groups in total. The molecule has 0 saturated heterocycles. The standard InChI is InChI=1S/C13H16FN3O/c1-9(2)4-10-5-11(14)7-17(13(10)18)12-6-15-16(3)8-12/h5-9H,4H2,1-3H3. The summed E-state index contributed by atoms with van der Waals surface area (Å²) >= 11 is 0. The molecule has 2 heterocycles. The molecule has 0 aliphatic rings. The fourth-order valence-corrected chi connectivity index (χ4v) is 1.91. The SMILES string of the molecule is CC(C)Cc1cc(F)cn(-c2cnn(C)c2)c1=O. The zero-order chi connectivity index (χ0) is 13.3. The monoisotopic (exact) mass is 249 g/mol. The maximum absolute atomic E-state index is 13.6. The van der Waals surface area contributed by atoms with Crippen molar-refractivity contribution in [2.75, 3.05) is 0 Å². The first-order chi connectivity index (χ1) is 8.47. The molecule has 0 unspecified atom stereocenters. The van der Waals surface area contributed by atoms with Gasteiger partial charge in [-0.2, -0.15) is 5.10 Å². The van der Waals surface area contributed by atoms with E-state index < -0.39 is 5.82 Å². The van der Waals surface area contributed by atoms with Crippen molar-refractivity contribution < 1.29 is 4.39 Å². The summed E-state index contributed by atoms with van der Waals surface area (Å²) in [6.45, 7) is 4.00. The molecule has 96 valence electrons. The van der Waals surface area contributed by atoms with Crippen molar-refractivity contribution in [1.29, 1.82) is 0 Å². The summed E-state index contributed by atoms with van der Waals surface area (Å²) in [6, 6.07) is 1.31. The molecule has 2 aromatic heterocycles. The van der Waals surface area contributed by atoms with E-state index >= 15 is 0 Å². The van der Waals surface area contributed by atoms with Gasteiger partial charge >= 0.3 is 0 Å². The third-order valence-corrected chi connectivity index (χ3v) is 2.66. The fraction of sp³-hybridized carbons (Fsp3) is 0.385. The van der Waals surface area contributed by atoms with Gasteiger partial charge in [-0.05, 0) is 18.4 Å². The molecule has 0 saturated carbocycles. The van der Waals surface area contributed by atoms with Gasteiger partial charge in [0.05, 0.1) is 11.9 Å². The van der Waals surface area contributed by atoms with E-state index in [0.717, 1.165) is 0 Å². The number of rotatable bonds is 3. The van der Waals surface area contributed by atoms with Crippen molar-refractivity contribution in [3.63, 3.8) is 0 Å². The Kier molecular flexibility index (Phi) is 3.32. The maximum atomic E-state index is 13.6. The van der Waals surface area contributed by atoms with Crippen LogP contribution in [0.25, 0.3) is 5.69 Å². The van der Waals surface area contributed by atoms with Crippen molar-refractivity contribution in [3.05, 3.63) is 46.4 Å². The van der Waals surface area contributed by atoms with Crippen LogP contribution in [0, 0.1) is 11.7 Å². The molecule has 0 aliphatic carbocycles. The van der Waals surface area contributed by atoms with Crippen molar-refractivity contribution in [2.24, 2.45) is 13.0 Å². The fourth-order valence-electron chi connectivity index (χ4n) is 1.91. The van der Waals surface area contributed by atoms with E-state index in [9.17, 15) is 9.18 Å². The lowest BCUT2D eigenvalue weighted by molar-refractivity contribution is 0.593. The number of aryl methyl sites for hydroxylation is 1. The van der Waals surface area contributed by atoms with E-state index in [1.165, 1.54) is 16.8 Å². The molecular formula is C13H16FN3O. The van der Waals surface area contributed by atoms with E-state index in [2.05, 4.69) is 5.10 Å². The van der Waals surface area contributed by atoms with Gasteiger partial charge in [0.15, 0.2) is 0 Å². The smallest absolute Gasteiger partial charge is 0.258 e. The van der Waals surface area contributed by atoms with Crippen molar-refractivity contribution >= 4 is 0 Å². The second kappa shape index (κ2) is 4.76. The highest BCUT2D eigenvalue weighted by molar-refractivity contribution is 5.28. The molecule has 0 spiro atoms. The lowest BCUT2D eigenvalue weighted by atomic mass is 10.0. The Morgan fingerprint density at radius 1 is 1.39 bits per heavy atom. The van der Waals surface area contributed by atoms with Crippen molar-refractivity contribution in [2.45, 2.75) is 20.3 Å². The number of hydrogen-bond donors (Lipinski definition) is 0. The maximum Gasteiger partial charge on any atom is 0.258 e. The van der Waals surface area contributed by atoms with Crippen LogP contribution in [-0.2, 0) is 13.5 Å². The minimum atomic E-state index is -0.408. The van der Waals surface area contributed by atoms with E-state index in [4.69, 9.17) is 0 Å². The van der Waals surface area contributed by atoms with Gasteiger partial charge < -0.3 is 0 Å². The van der Waals surface area contributed by atoms with Crippen LogP contribution in [0.3, 0.4) is 0 Å². The van der Waals surface area contributed by atoms with Gasteiger partial charge in [0.1, 0.15) is 5.82 Å². The molecular weight excluding hydrogens is 233 g/mol.